The maximum Gasteiger partial charge on any atom is 0.339 e. The number of hydrogen-bond donors (Lipinski definition) is 2. The average molecular weight is 181 g/mol. The van der Waals surface area contributed by atoms with Crippen molar-refractivity contribution in [3.05, 3.63) is 17.7 Å². The van der Waals surface area contributed by atoms with Crippen molar-refractivity contribution in [2.45, 2.75) is 0 Å². The van der Waals surface area contributed by atoms with Gasteiger partial charge in [0.25, 0.3) is 0 Å². The first kappa shape index (κ1) is 7.72. The molecule has 0 fully saturated rings. The molecule has 5 nitrogen and oxygen atoms in total. The summed E-state index contributed by atoms with van der Waals surface area (Å²) in [6.07, 6.45) is 0. The molecule has 0 saturated heterocycles. The fourth-order valence-corrected chi connectivity index (χ4v) is 1.19. The number of fused-ring (bicyclic) bond motifs is 1. The molecule has 0 amide bonds. The van der Waals surface area contributed by atoms with Crippen molar-refractivity contribution in [2.24, 2.45) is 0 Å². The van der Waals surface area contributed by atoms with Gasteiger partial charge in [0.1, 0.15) is 5.56 Å². The van der Waals surface area contributed by atoms with E-state index in [1.165, 1.54) is 12.1 Å². The van der Waals surface area contributed by atoms with Crippen LogP contribution in [0.15, 0.2) is 12.1 Å². The van der Waals surface area contributed by atoms with Crippen LogP contribution in [0.1, 0.15) is 10.4 Å². The van der Waals surface area contributed by atoms with Gasteiger partial charge >= 0.3 is 5.97 Å². The Morgan fingerprint density at radius 1 is 1.38 bits per heavy atom. The Hall–Kier alpha value is -1.91. The third kappa shape index (κ3) is 1.05. The summed E-state index contributed by atoms with van der Waals surface area (Å²) in [4.78, 5) is 10.7. The third-order valence-corrected chi connectivity index (χ3v) is 1.78. The Bertz CT molecular complexity index is 375. The number of nitrogen functional groups attached to an aromatic ring is 1. The number of nitrogens with two attached hydrogens (primary N) is 1. The fraction of sp³-hybridized carbons (Fsp3) is 0.125. The number of ether oxygens (including phenoxy) is 2. The highest BCUT2D eigenvalue weighted by Crippen LogP contribution is 2.40. The summed E-state index contributed by atoms with van der Waals surface area (Å²) < 4.78 is 10.00. The van der Waals surface area contributed by atoms with Crippen LogP contribution in [0.25, 0.3) is 0 Å². The number of benzene rings is 1. The lowest BCUT2D eigenvalue weighted by Gasteiger charge is -2.02. The van der Waals surface area contributed by atoms with Crippen molar-refractivity contribution in [3.63, 3.8) is 0 Å². The molecule has 0 bridgehead atoms. The van der Waals surface area contributed by atoms with Crippen LogP contribution in [-0.4, -0.2) is 17.9 Å². The van der Waals surface area contributed by atoms with E-state index in [0.29, 0.717) is 11.4 Å². The molecule has 2 rings (SSSR count). The minimum atomic E-state index is -1.05. The topological polar surface area (TPSA) is 81.8 Å². The summed E-state index contributed by atoms with van der Waals surface area (Å²) in [5, 5.41) is 8.76. The molecule has 1 aliphatic heterocycles. The van der Waals surface area contributed by atoms with Gasteiger partial charge in [-0.1, -0.05) is 0 Å². The van der Waals surface area contributed by atoms with Gasteiger partial charge in [-0.15, -0.1) is 0 Å². The van der Waals surface area contributed by atoms with Gasteiger partial charge in [-0.05, 0) is 12.1 Å². The van der Waals surface area contributed by atoms with Crippen molar-refractivity contribution in [3.8, 4) is 11.5 Å². The summed E-state index contributed by atoms with van der Waals surface area (Å²) in [5.41, 5.74) is 6.00. The highest BCUT2D eigenvalue weighted by Gasteiger charge is 2.23. The monoisotopic (exact) mass is 181 g/mol. The van der Waals surface area contributed by atoms with Crippen LogP contribution in [-0.2, 0) is 0 Å². The molecule has 1 aliphatic rings. The third-order valence-electron chi connectivity index (χ3n) is 1.78. The predicted molar refractivity (Wildman–Crippen MR) is 43.9 cm³/mol. The molecule has 0 saturated carbocycles. The summed E-state index contributed by atoms with van der Waals surface area (Å²) >= 11 is 0. The van der Waals surface area contributed by atoms with Gasteiger partial charge in [0.15, 0.2) is 11.5 Å². The summed E-state index contributed by atoms with van der Waals surface area (Å²) in [6.45, 7) is 0.0177. The van der Waals surface area contributed by atoms with Crippen molar-refractivity contribution in [1.29, 1.82) is 0 Å². The van der Waals surface area contributed by atoms with Crippen LogP contribution >= 0.6 is 0 Å². The molecule has 0 spiro atoms. The number of carboxylic acids is 1. The van der Waals surface area contributed by atoms with Gasteiger partial charge in [0.2, 0.25) is 6.79 Å². The number of carbonyl (C=O) groups is 1. The number of aromatic carboxylic acids is 1. The van der Waals surface area contributed by atoms with E-state index in [4.69, 9.17) is 20.3 Å². The van der Waals surface area contributed by atoms with Gasteiger partial charge in [-0.3, -0.25) is 0 Å². The molecule has 1 aromatic rings. The zero-order valence-electron chi connectivity index (χ0n) is 6.61. The molecule has 0 aliphatic carbocycles. The lowest BCUT2D eigenvalue weighted by atomic mass is 10.1. The van der Waals surface area contributed by atoms with Crippen molar-refractivity contribution in [2.75, 3.05) is 12.5 Å². The van der Waals surface area contributed by atoms with E-state index in [9.17, 15) is 4.79 Å². The second-order valence-corrected chi connectivity index (χ2v) is 2.57. The molecule has 0 radical (unpaired) electrons. The van der Waals surface area contributed by atoms with Crippen molar-refractivity contribution < 1.29 is 19.4 Å². The minimum Gasteiger partial charge on any atom is -0.478 e. The first-order valence-electron chi connectivity index (χ1n) is 3.61. The van der Waals surface area contributed by atoms with Crippen LogP contribution in [0.3, 0.4) is 0 Å². The molecule has 5 heteroatoms. The number of anilines is 1. The Kier molecular flexibility index (Phi) is 1.51. The molecule has 1 heterocycles. The molecule has 1 aromatic carbocycles. The molecule has 0 atom stereocenters. The normalized spacial score (nSPS) is 12.9. The highest BCUT2D eigenvalue weighted by atomic mass is 16.7. The van der Waals surface area contributed by atoms with Crippen LogP contribution in [0.2, 0.25) is 0 Å². The van der Waals surface area contributed by atoms with E-state index in [2.05, 4.69) is 0 Å². The Morgan fingerprint density at radius 3 is 2.77 bits per heavy atom. The van der Waals surface area contributed by atoms with Gasteiger partial charge in [-0.25, -0.2) is 4.79 Å². The van der Waals surface area contributed by atoms with E-state index in [-0.39, 0.29) is 18.1 Å². The Morgan fingerprint density at radius 2 is 2.08 bits per heavy atom. The number of carboxylic acid groups (broad SMARTS) is 1. The first-order chi connectivity index (χ1) is 6.20. The number of hydrogen-bond acceptors (Lipinski definition) is 4. The molecule has 68 valence electrons. The van der Waals surface area contributed by atoms with Crippen LogP contribution < -0.4 is 15.2 Å². The average Bonchev–Trinajstić information content (AvgIpc) is 2.53. The standard InChI is InChI=1S/C8H7NO4/c9-5-2-1-4(8(10)11)6-7(5)13-3-12-6/h1-2H,3,9H2,(H,10,11). The maximum absolute atomic E-state index is 10.7. The number of rotatable bonds is 1. The molecule has 13 heavy (non-hydrogen) atoms. The SMILES string of the molecule is Nc1ccc(C(=O)O)c2c1OCO2. The van der Waals surface area contributed by atoms with Gasteiger partial charge in [0, 0.05) is 0 Å². The van der Waals surface area contributed by atoms with Gasteiger partial charge in [-0.2, -0.15) is 0 Å². The molecule has 0 aromatic heterocycles. The second kappa shape index (κ2) is 2.55. The highest BCUT2D eigenvalue weighted by molar-refractivity contribution is 5.93. The zero-order chi connectivity index (χ0) is 9.42. The summed E-state index contributed by atoms with van der Waals surface area (Å²) in [6, 6.07) is 2.88. The smallest absolute Gasteiger partial charge is 0.339 e. The van der Waals surface area contributed by atoms with E-state index >= 15 is 0 Å². The van der Waals surface area contributed by atoms with E-state index < -0.39 is 5.97 Å². The van der Waals surface area contributed by atoms with Crippen molar-refractivity contribution >= 4 is 11.7 Å². The van der Waals surface area contributed by atoms with Gasteiger partial charge < -0.3 is 20.3 Å². The minimum absolute atomic E-state index is 0.0177. The van der Waals surface area contributed by atoms with Crippen LogP contribution in [0.5, 0.6) is 11.5 Å². The second-order valence-electron chi connectivity index (χ2n) is 2.57. The molecule has 0 unspecified atom stereocenters. The van der Waals surface area contributed by atoms with Crippen molar-refractivity contribution in [1.82, 2.24) is 0 Å². The summed E-state index contributed by atoms with van der Waals surface area (Å²) in [7, 11) is 0. The lowest BCUT2D eigenvalue weighted by molar-refractivity contribution is 0.0692. The Labute approximate surface area is 73.7 Å². The Balaban J connectivity index is 2.62. The van der Waals surface area contributed by atoms with Crippen LogP contribution in [0.4, 0.5) is 5.69 Å². The molecule has 3 N–H and O–H groups in total. The molecular formula is C8H7NO4. The van der Waals surface area contributed by atoms with Crippen LogP contribution in [0, 0.1) is 0 Å². The van der Waals surface area contributed by atoms with E-state index in [0.717, 1.165) is 0 Å². The zero-order valence-corrected chi connectivity index (χ0v) is 6.61. The maximum atomic E-state index is 10.7. The van der Waals surface area contributed by atoms with E-state index in [1.807, 2.05) is 0 Å². The lowest BCUT2D eigenvalue weighted by Crippen LogP contribution is -1.99. The molecular weight excluding hydrogens is 174 g/mol. The first-order valence-corrected chi connectivity index (χ1v) is 3.61. The van der Waals surface area contributed by atoms with E-state index in [1.54, 1.807) is 0 Å². The largest absolute Gasteiger partial charge is 0.478 e. The fourth-order valence-electron chi connectivity index (χ4n) is 1.19. The quantitative estimate of drug-likeness (QED) is 0.623. The summed E-state index contributed by atoms with van der Waals surface area (Å²) in [5.74, 6) is -0.519. The van der Waals surface area contributed by atoms with Gasteiger partial charge in [0.05, 0.1) is 5.69 Å². The predicted octanol–water partition coefficient (Wildman–Crippen LogP) is 0.696.